The zero-order valence-corrected chi connectivity index (χ0v) is 16.5. The van der Waals surface area contributed by atoms with E-state index in [4.69, 9.17) is 10.5 Å². The molecule has 1 heterocycles. The highest BCUT2D eigenvalue weighted by Crippen LogP contribution is 2.31. The van der Waals surface area contributed by atoms with Crippen molar-refractivity contribution in [2.75, 3.05) is 18.2 Å². The molecule has 1 aromatic heterocycles. The summed E-state index contributed by atoms with van der Waals surface area (Å²) in [4.78, 5) is 19.8. The van der Waals surface area contributed by atoms with Crippen molar-refractivity contribution in [2.24, 2.45) is 0 Å². The molecule has 0 saturated heterocycles. The van der Waals surface area contributed by atoms with Gasteiger partial charge in [-0.2, -0.15) is 4.98 Å². The minimum atomic E-state index is -0.412. The first kappa shape index (κ1) is 20.1. The Bertz CT molecular complexity index is 957. The van der Waals surface area contributed by atoms with Crippen LogP contribution < -0.4 is 15.8 Å². The summed E-state index contributed by atoms with van der Waals surface area (Å²) in [5, 5.41) is 3.20. The van der Waals surface area contributed by atoms with Crippen molar-refractivity contribution in [3.05, 3.63) is 66.0 Å². The van der Waals surface area contributed by atoms with Crippen molar-refractivity contribution in [3.8, 4) is 11.6 Å². The van der Waals surface area contributed by atoms with Crippen LogP contribution in [0.1, 0.15) is 35.7 Å². The Hall–Kier alpha value is -3.61. The number of carbonyl (C=O) groups excluding carboxylic acids is 1. The predicted octanol–water partition coefficient (Wildman–Crippen LogP) is 4.72. The van der Waals surface area contributed by atoms with Crippen LogP contribution in [-0.4, -0.2) is 23.0 Å². The minimum Gasteiger partial charge on any atom is -0.465 e. The number of nitrogens with one attached hydrogen (secondary N) is 1. The third kappa shape index (κ3) is 5.22. The lowest BCUT2D eigenvalue weighted by Crippen LogP contribution is -2.03. The molecule has 150 valence electrons. The summed E-state index contributed by atoms with van der Waals surface area (Å²) in [5.74, 6) is 0.773. The van der Waals surface area contributed by atoms with Gasteiger partial charge in [0.25, 0.3) is 0 Å². The maximum absolute atomic E-state index is 11.5. The number of benzene rings is 2. The fourth-order valence-corrected chi connectivity index (χ4v) is 2.72. The molecule has 0 radical (unpaired) electrons. The van der Waals surface area contributed by atoms with Gasteiger partial charge >= 0.3 is 5.97 Å². The van der Waals surface area contributed by atoms with Gasteiger partial charge < -0.3 is 20.5 Å². The van der Waals surface area contributed by atoms with Crippen molar-refractivity contribution in [1.29, 1.82) is 0 Å². The minimum absolute atomic E-state index is 0.230. The monoisotopic (exact) mass is 392 g/mol. The van der Waals surface area contributed by atoms with Crippen molar-refractivity contribution < 1.29 is 14.3 Å². The number of aryl methyl sites for hydroxylation is 1. The van der Waals surface area contributed by atoms with E-state index in [1.54, 1.807) is 24.3 Å². The van der Waals surface area contributed by atoms with E-state index >= 15 is 0 Å². The molecule has 3 rings (SSSR count). The summed E-state index contributed by atoms with van der Waals surface area (Å²) in [7, 11) is 1.33. The number of anilines is 3. The Morgan fingerprint density at radius 1 is 1.07 bits per heavy atom. The molecule has 3 N–H and O–H groups in total. The van der Waals surface area contributed by atoms with Crippen molar-refractivity contribution in [2.45, 2.75) is 26.2 Å². The summed E-state index contributed by atoms with van der Waals surface area (Å²) < 4.78 is 10.4. The van der Waals surface area contributed by atoms with Crippen LogP contribution in [0.4, 0.5) is 17.2 Å². The molecule has 0 bridgehead atoms. The molecule has 2 aromatic carbocycles. The van der Waals surface area contributed by atoms with Gasteiger partial charge in [0.15, 0.2) is 5.82 Å². The lowest BCUT2D eigenvalue weighted by molar-refractivity contribution is 0.0600. The average molecular weight is 392 g/mol. The highest BCUT2D eigenvalue weighted by atomic mass is 16.5. The molecular formula is C22H24N4O3. The number of hydrogen-bond acceptors (Lipinski definition) is 7. The van der Waals surface area contributed by atoms with Crippen LogP contribution in [0.15, 0.2) is 54.9 Å². The SMILES string of the molecule is CCCCc1ccc(Nc2ncnc(Oc3ccc(C(=O)OC)cc3)c2N)cc1. The molecule has 0 saturated carbocycles. The van der Waals surface area contributed by atoms with Crippen molar-refractivity contribution >= 4 is 23.2 Å². The average Bonchev–Trinajstić information content (AvgIpc) is 2.76. The van der Waals surface area contributed by atoms with E-state index in [2.05, 4.69) is 39.1 Å². The molecule has 0 atom stereocenters. The Morgan fingerprint density at radius 2 is 1.79 bits per heavy atom. The number of unbranched alkanes of at least 4 members (excludes halogenated alkanes) is 1. The number of nitrogens with two attached hydrogens (primary N) is 1. The van der Waals surface area contributed by atoms with E-state index in [9.17, 15) is 4.79 Å². The second kappa shape index (κ2) is 9.54. The Morgan fingerprint density at radius 3 is 2.45 bits per heavy atom. The van der Waals surface area contributed by atoms with Crippen LogP contribution in [0.25, 0.3) is 0 Å². The Balaban J connectivity index is 1.71. The van der Waals surface area contributed by atoms with E-state index in [0.29, 0.717) is 22.8 Å². The predicted molar refractivity (Wildman–Crippen MR) is 113 cm³/mol. The van der Waals surface area contributed by atoms with Crippen LogP contribution >= 0.6 is 0 Å². The highest BCUT2D eigenvalue weighted by Gasteiger charge is 2.12. The van der Waals surface area contributed by atoms with E-state index in [0.717, 1.165) is 12.1 Å². The second-order valence-corrected chi connectivity index (χ2v) is 6.48. The summed E-state index contributed by atoms with van der Waals surface area (Å²) >= 11 is 0. The molecule has 0 amide bonds. The van der Waals surface area contributed by atoms with Crippen molar-refractivity contribution in [1.82, 2.24) is 9.97 Å². The van der Waals surface area contributed by atoms with Gasteiger partial charge in [0.2, 0.25) is 5.88 Å². The Labute approximate surface area is 169 Å². The molecule has 0 aliphatic heterocycles. The summed E-state index contributed by atoms with van der Waals surface area (Å²) in [5.41, 5.74) is 9.09. The number of aromatic nitrogens is 2. The quantitative estimate of drug-likeness (QED) is 0.535. The molecule has 0 fully saturated rings. The number of esters is 1. The van der Waals surface area contributed by atoms with Gasteiger partial charge in [-0.1, -0.05) is 25.5 Å². The van der Waals surface area contributed by atoms with Crippen LogP contribution in [-0.2, 0) is 11.2 Å². The van der Waals surface area contributed by atoms with Gasteiger partial charge in [-0.15, -0.1) is 0 Å². The van der Waals surface area contributed by atoms with Crippen LogP contribution in [0.5, 0.6) is 11.6 Å². The molecule has 0 aliphatic rings. The molecule has 0 aliphatic carbocycles. The Kier molecular flexibility index (Phi) is 6.63. The molecule has 7 nitrogen and oxygen atoms in total. The van der Waals surface area contributed by atoms with Crippen LogP contribution in [0.2, 0.25) is 0 Å². The normalized spacial score (nSPS) is 10.4. The first-order chi connectivity index (χ1) is 14.1. The fourth-order valence-electron chi connectivity index (χ4n) is 2.72. The third-order valence-electron chi connectivity index (χ3n) is 4.37. The summed E-state index contributed by atoms with van der Waals surface area (Å²) in [6, 6.07) is 14.7. The lowest BCUT2D eigenvalue weighted by Gasteiger charge is -2.12. The molecule has 0 unspecified atom stereocenters. The van der Waals surface area contributed by atoms with E-state index in [-0.39, 0.29) is 5.88 Å². The number of ether oxygens (including phenoxy) is 2. The molecule has 0 spiro atoms. The summed E-state index contributed by atoms with van der Waals surface area (Å²) in [6.45, 7) is 2.18. The highest BCUT2D eigenvalue weighted by molar-refractivity contribution is 5.89. The van der Waals surface area contributed by atoms with Gasteiger partial charge in [0.05, 0.1) is 12.7 Å². The molecule has 7 heteroatoms. The molecule has 29 heavy (non-hydrogen) atoms. The van der Waals surface area contributed by atoms with Gasteiger partial charge in [0, 0.05) is 5.69 Å². The third-order valence-corrected chi connectivity index (χ3v) is 4.37. The first-order valence-electron chi connectivity index (χ1n) is 9.43. The molecule has 3 aromatic rings. The van der Waals surface area contributed by atoms with Crippen LogP contribution in [0, 0.1) is 0 Å². The number of rotatable bonds is 8. The maximum Gasteiger partial charge on any atom is 0.337 e. The number of methoxy groups -OCH3 is 1. The number of nitrogens with zero attached hydrogens (tertiary/aromatic N) is 2. The van der Waals surface area contributed by atoms with Gasteiger partial charge in [-0.3, -0.25) is 0 Å². The topological polar surface area (TPSA) is 99.4 Å². The number of nitrogen functional groups attached to an aromatic ring is 1. The van der Waals surface area contributed by atoms with Crippen LogP contribution in [0.3, 0.4) is 0 Å². The standard InChI is InChI=1S/C22H24N4O3/c1-3-4-5-15-6-10-17(11-7-15)26-20-19(23)21(25-14-24-20)29-18-12-8-16(9-13-18)22(27)28-2/h6-14H,3-5,23H2,1-2H3,(H,24,25,26). The fraction of sp³-hybridized carbons (Fsp3) is 0.227. The van der Waals surface area contributed by atoms with E-state index in [1.165, 1.54) is 31.8 Å². The zero-order valence-electron chi connectivity index (χ0n) is 16.5. The van der Waals surface area contributed by atoms with E-state index in [1.807, 2.05) is 12.1 Å². The van der Waals surface area contributed by atoms with Gasteiger partial charge in [0.1, 0.15) is 17.8 Å². The smallest absolute Gasteiger partial charge is 0.337 e. The molecular weight excluding hydrogens is 368 g/mol. The van der Waals surface area contributed by atoms with Gasteiger partial charge in [-0.05, 0) is 54.8 Å². The van der Waals surface area contributed by atoms with E-state index < -0.39 is 5.97 Å². The number of carbonyl (C=O) groups is 1. The maximum atomic E-state index is 11.5. The van der Waals surface area contributed by atoms with Crippen molar-refractivity contribution in [3.63, 3.8) is 0 Å². The lowest BCUT2D eigenvalue weighted by atomic mass is 10.1. The zero-order chi connectivity index (χ0) is 20.6. The first-order valence-corrected chi connectivity index (χ1v) is 9.43. The van der Waals surface area contributed by atoms with Gasteiger partial charge in [-0.25, -0.2) is 9.78 Å². The largest absolute Gasteiger partial charge is 0.465 e. The number of hydrogen-bond donors (Lipinski definition) is 2. The summed E-state index contributed by atoms with van der Waals surface area (Å²) in [6.07, 6.45) is 4.80. The second-order valence-electron chi connectivity index (χ2n) is 6.48.